The molecule has 1 N–H and O–H groups in total. The molecule has 0 spiro atoms. The first-order chi connectivity index (χ1) is 15.9. The van der Waals surface area contributed by atoms with Gasteiger partial charge in [0.05, 0.1) is 11.6 Å². The molecule has 0 radical (unpaired) electrons. The summed E-state index contributed by atoms with van der Waals surface area (Å²) in [6, 6.07) is 11.3. The Hall–Kier alpha value is -2.68. The quantitative estimate of drug-likeness (QED) is 0.650. The number of aliphatic hydroxyl groups is 1. The molecule has 0 saturated carbocycles. The first-order valence-corrected chi connectivity index (χ1v) is 11.9. The SMILES string of the molecule is CC(=O)N1CCN(C(=O)/C=C/c2ccc(Sc3ccc4c(c3)OC(CO)CO4)c(Cl)c2)CC1. The second-order valence-corrected chi connectivity index (χ2v) is 9.32. The first kappa shape index (κ1) is 23.5. The molecule has 0 aromatic heterocycles. The van der Waals surface area contributed by atoms with Crippen molar-refractivity contribution in [2.45, 2.75) is 22.8 Å². The molecule has 1 atom stereocenters. The number of piperazine rings is 1. The van der Waals surface area contributed by atoms with E-state index in [1.54, 1.807) is 28.9 Å². The molecule has 33 heavy (non-hydrogen) atoms. The van der Waals surface area contributed by atoms with E-state index in [0.29, 0.717) is 49.3 Å². The Morgan fingerprint density at radius 2 is 1.88 bits per heavy atom. The Labute approximate surface area is 201 Å². The van der Waals surface area contributed by atoms with E-state index >= 15 is 0 Å². The molecular formula is C24H25ClN2O5S. The van der Waals surface area contributed by atoms with Crippen LogP contribution in [0.3, 0.4) is 0 Å². The van der Waals surface area contributed by atoms with E-state index in [1.807, 2.05) is 36.4 Å². The van der Waals surface area contributed by atoms with Crippen LogP contribution in [0.4, 0.5) is 0 Å². The van der Waals surface area contributed by atoms with Gasteiger partial charge in [-0.05, 0) is 42.0 Å². The van der Waals surface area contributed by atoms with Gasteiger partial charge in [0.25, 0.3) is 0 Å². The highest BCUT2D eigenvalue weighted by Crippen LogP contribution is 2.40. The molecular weight excluding hydrogens is 464 g/mol. The zero-order chi connectivity index (χ0) is 23.4. The van der Waals surface area contributed by atoms with Gasteiger partial charge in [-0.3, -0.25) is 9.59 Å². The molecule has 1 saturated heterocycles. The van der Waals surface area contributed by atoms with Crippen molar-refractivity contribution in [2.75, 3.05) is 39.4 Å². The van der Waals surface area contributed by atoms with Gasteiger partial charge in [-0.15, -0.1) is 0 Å². The lowest BCUT2D eigenvalue weighted by Gasteiger charge is -2.33. The average Bonchev–Trinajstić information content (AvgIpc) is 2.83. The van der Waals surface area contributed by atoms with Gasteiger partial charge in [0, 0.05) is 49.0 Å². The summed E-state index contributed by atoms with van der Waals surface area (Å²) < 4.78 is 11.3. The van der Waals surface area contributed by atoms with E-state index in [1.165, 1.54) is 11.8 Å². The largest absolute Gasteiger partial charge is 0.486 e. The zero-order valence-electron chi connectivity index (χ0n) is 18.2. The third kappa shape index (κ3) is 5.82. The lowest BCUT2D eigenvalue weighted by atomic mass is 10.2. The number of fused-ring (bicyclic) bond motifs is 1. The monoisotopic (exact) mass is 488 g/mol. The number of nitrogens with zero attached hydrogens (tertiary/aromatic N) is 2. The van der Waals surface area contributed by atoms with E-state index < -0.39 is 0 Å². The molecule has 2 aliphatic rings. The molecule has 0 aliphatic carbocycles. The number of aliphatic hydroxyl groups excluding tert-OH is 1. The summed E-state index contributed by atoms with van der Waals surface area (Å²) >= 11 is 7.99. The molecule has 4 rings (SSSR count). The van der Waals surface area contributed by atoms with Crippen molar-refractivity contribution in [2.24, 2.45) is 0 Å². The van der Waals surface area contributed by atoms with Crippen LogP contribution in [0.1, 0.15) is 12.5 Å². The molecule has 2 heterocycles. The van der Waals surface area contributed by atoms with Crippen LogP contribution in [0.25, 0.3) is 6.08 Å². The van der Waals surface area contributed by atoms with Gasteiger partial charge in [0.2, 0.25) is 11.8 Å². The maximum Gasteiger partial charge on any atom is 0.246 e. The van der Waals surface area contributed by atoms with Crippen LogP contribution in [0.5, 0.6) is 11.5 Å². The van der Waals surface area contributed by atoms with Crippen molar-refractivity contribution in [3.63, 3.8) is 0 Å². The van der Waals surface area contributed by atoms with Crippen LogP contribution < -0.4 is 9.47 Å². The van der Waals surface area contributed by atoms with Crippen molar-refractivity contribution in [1.29, 1.82) is 0 Å². The van der Waals surface area contributed by atoms with Gasteiger partial charge in [-0.2, -0.15) is 0 Å². The smallest absolute Gasteiger partial charge is 0.246 e. The minimum Gasteiger partial charge on any atom is -0.486 e. The molecule has 7 nitrogen and oxygen atoms in total. The van der Waals surface area contributed by atoms with Gasteiger partial charge in [0.1, 0.15) is 6.61 Å². The van der Waals surface area contributed by atoms with Gasteiger partial charge in [-0.25, -0.2) is 0 Å². The molecule has 2 amide bonds. The maximum atomic E-state index is 12.5. The van der Waals surface area contributed by atoms with Crippen LogP contribution in [0.15, 0.2) is 52.3 Å². The number of halogens is 1. The molecule has 2 aromatic carbocycles. The molecule has 9 heteroatoms. The number of carbonyl (C=O) groups is 2. The zero-order valence-corrected chi connectivity index (χ0v) is 19.8. The van der Waals surface area contributed by atoms with Crippen LogP contribution in [-0.4, -0.2) is 72.2 Å². The summed E-state index contributed by atoms with van der Waals surface area (Å²) in [4.78, 5) is 29.2. The Kier molecular flexibility index (Phi) is 7.47. The fraction of sp³-hybridized carbons (Fsp3) is 0.333. The van der Waals surface area contributed by atoms with E-state index in [0.717, 1.165) is 15.4 Å². The second kappa shape index (κ2) is 10.5. The van der Waals surface area contributed by atoms with Gasteiger partial charge < -0.3 is 24.4 Å². The number of hydrogen-bond donors (Lipinski definition) is 1. The maximum absolute atomic E-state index is 12.5. The second-order valence-electron chi connectivity index (χ2n) is 7.80. The number of rotatable bonds is 5. The Balaban J connectivity index is 1.37. The summed E-state index contributed by atoms with van der Waals surface area (Å²) in [6.45, 7) is 3.97. The average molecular weight is 489 g/mol. The normalized spacial score (nSPS) is 18.0. The number of hydrogen-bond acceptors (Lipinski definition) is 6. The van der Waals surface area contributed by atoms with Crippen LogP contribution in [0, 0.1) is 0 Å². The predicted molar refractivity (Wildman–Crippen MR) is 127 cm³/mol. The fourth-order valence-corrected chi connectivity index (χ4v) is 4.75. The third-order valence-corrected chi connectivity index (χ3v) is 6.97. The summed E-state index contributed by atoms with van der Waals surface area (Å²) in [7, 11) is 0. The standard InChI is InChI=1S/C24H25ClN2O5S/c1-16(29)26-8-10-27(11-9-26)24(30)7-3-17-2-6-23(20(25)12-17)33-19-4-5-21-22(13-19)32-18(14-28)15-31-21/h2-7,12-13,18,28H,8-11,14-15H2,1H3/b7-3+. The number of ether oxygens (including phenoxy) is 2. The molecule has 1 unspecified atom stereocenters. The highest BCUT2D eigenvalue weighted by Gasteiger charge is 2.22. The molecule has 2 aliphatic heterocycles. The predicted octanol–water partition coefficient (Wildman–Crippen LogP) is 3.33. The highest BCUT2D eigenvalue weighted by molar-refractivity contribution is 7.99. The first-order valence-electron chi connectivity index (χ1n) is 10.7. The Morgan fingerprint density at radius 3 is 2.58 bits per heavy atom. The van der Waals surface area contributed by atoms with E-state index in [9.17, 15) is 14.7 Å². The summed E-state index contributed by atoms with van der Waals surface area (Å²) in [5, 5.41) is 9.87. The van der Waals surface area contributed by atoms with Gasteiger partial charge in [0.15, 0.2) is 17.6 Å². The van der Waals surface area contributed by atoms with E-state index in [4.69, 9.17) is 21.1 Å². The minimum atomic E-state index is -0.367. The van der Waals surface area contributed by atoms with Crippen molar-refractivity contribution >= 4 is 41.3 Å². The van der Waals surface area contributed by atoms with Crippen LogP contribution in [0.2, 0.25) is 5.02 Å². The highest BCUT2D eigenvalue weighted by atomic mass is 35.5. The third-order valence-electron chi connectivity index (χ3n) is 5.48. The molecule has 174 valence electrons. The topological polar surface area (TPSA) is 79.3 Å². The van der Waals surface area contributed by atoms with Gasteiger partial charge >= 0.3 is 0 Å². The summed E-state index contributed by atoms with van der Waals surface area (Å²) in [5.74, 6) is 1.22. The lowest BCUT2D eigenvalue weighted by Crippen LogP contribution is -2.49. The lowest BCUT2D eigenvalue weighted by molar-refractivity contribution is -0.135. The summed E-state index contributed by atoms with van der Waals surface area (Å²) in [6.07, 6.45) is 2.92. The van der Waals surface area contributed by atoms with E-state index in [2.05, 4.69) is 0 Å². The van der Waals surface area contributed by atoms with Crippen LogP contribution in [-0.2, 0) is 9.59 Å². The van der Waals surface area contributed by atoms with Crippen molar-refractivity contribution in [3.05, 3.63) is 53.1 Å². The van der Waals surface area contributed by atoms with Gasteiger partial charge in [-0.1, -0.05) is 29.4 Å². The van der Waals surface area contributed by atoms with Crippen molar-refractivity contribution in [1.82, 2.24) is 9.80 Å². The van der Waals surface area contributed by atoms with Crippen LogP contribution >= 0.6 is 23.4 Å². The summed E-state index contributed by atoms with van der Waals surface area (Å²) in [5.41, 5.74) is 0.827. The molecule has 1 fully saturated rings. The fourth-order valence-electron chi connectivity index (χ4n) is 3.59. The Bertz CT molecular complexity index is 1070. The van der Waals surface area contributed by atoms with Crippen molar-refractivity contribution in [3.8, 4) is 11.5 Å². The number of amides is 2. The number of benzene rings is 2. The molecule has 0 bridgehead atoms. The van der Waals surface area contributed by atoms with Crippen molar-refractivity contribution < 1.29 is 24.2 Å². The minimum absolute atomic E-state index is 0.0378. The number of carbonyl (C=O) groups excluding carboxylic acids is 2. The van der Waals surface area contributed by atoms with E-state index in [-0.39, 0.29) is 24.5 Å². The Morgan fingerprint density at radius 1 is 1.12 bits per heavy atom. The molecule has 2 aromatic rings.